The van der Waals surface area contributed by atoms with Crippen LogP contribution in [-0.2, 0) is 36.9 Å². The highest BCUT2D eigenvalue weighted by Crippen LogP contribution is 2.40. The SMILES string of the molecule is CCOC(=O)C=CC(=O)N1Cc2sc3ncnc(NC(C(=O)OC)c4ccccc4)c3c2C1. The first-order valence-corrected chi connectivity index (χ1v) is 11.1. The van der Waals surface area contributed by atoms with Crippen LogP contribution in [0.1, 0.15) is 29.0 Å². The molecule has 1 aromatic carbocycles. The van der Waals surface area contributed by atoms with E-state index in [9.17, 15) is 14.4 Å². The Kier molecular flexibility index (Phi) is 6.64. The number of thiophene rings is 1. The molecule has 1 aliphatic heterocycles. The Bertz CT molecular complexity index is 1220. The summed E-state index contributed by atoms with van der Waals surface area (Å²) in [5.74, 6) is -0.795. The van der Waals surface area contributed by atoms with Gasteiger partial charge in [0.15, 0.2) is 6.04 Å². The van der Waals surface area contributed by atoms with Gasteiger partial charge in [-0.05, 0) is 12.5 Å². The molecule has 4 rings (SSSR count). The molecule has 0 spiro atoms. The van der Waals surface area contributed by atoms with Crippen LogP contribution in [0, 0.1) is 0 Å². The van der Waals surface area contributed by atoms with Crippen LogP contribution < -0.4 is 5.32 Å². The van der Waals surface area contributed by atoms with Crippen LogP contribution in [-0.4, -0.2) is 46.4 Å². The maximum absolute atomic E-state index is 12.6. The zero-order chi connectivity index (χ0) is 23.4. The Morgan fingerprint density at radius 1 is 1.18 bits per heavy atom. The average Bonchev–Trinajstić information content (AvgIpc) is 3.39. The molecule has 3 heterocycles. The van der Waals surface area contributed by atoms with E-state index in [1.165, 1.54) is 30.8 Å². The summed E-state index contributed by atoms with van der Waals surface area (Å²) < 4.78 is 9.82. The molecule has 1 aliphatic rings. The number of ether oxygens (including phenoxy) is 2. The molecule has 0 saturated carbocycles. The summed E-state index contributed by atoms with van der Waals surface area (Å²) in [6.45, 7) is 2.70. The summed E-state index contributed by atoms with van der Waals surface area (Å²) in [7, 11) is 1.34. The highest BCUT2D eigenvalue weighted by Gasteiger charge is 2.30. The molecular weight excluding hydrogens is 444 g/mol. The second-order valence-electron chi connectivity index (χ2n) is 7.20. The first-order chi connectivity index (χ1) is 16.0. The summed E-state index contributed by atoms with van der Waals surface area (Å²) in [5, 5.41) is 3.98. The third-order valence-electron chi connectivity index (χ3n) is 5.17. The zero-order valence-corrected chi connectivity index (χ0v) is 18.9. The van der Waals surface area contributed by atoms with Gasteiger partial charge in [-0.15, -0.1) is 11.3 Å². The summed E-state index contributed by atoms with van der Waals surface area (Å²) in [6, 6.07) is 8.48. The average molecular weight is 467 g/mol. The van der Waals surface area contributed by atoms with Gasteiger partial charge in [-0.2, -0.15) is 0 Å². The van der Waals surface area contributed by atoms with E-state index in [1.54, 1.807) is 11.8 Å². The van der Waals surface area contributed by atoms with E-state index in [-0.39, 0.29) is 12.5 Å². The molecule has 170 valence electrons. The van der Waals surface area contributed by atoms with E-state index in [2.05, 4.69) is 15.3 Å². The fraction of sp³-hybridized carbons (Fsp3) is 0.261. The van der Waals surface area contributed by atoms with Crippen LogP contribution in [0.15, 0.2) is 48.8 Å². The normalized spacial score (nSPS) is 13.7. The second kappa shape index (κ2) is 9.78. The highest BCUT2D eigenvalue weighted by atomic mass is 32.1. The number of nitrogens with one attached hydrogen (secondary N) is 1. The monoisotopic (exact) mass is 466 g/mol. The summed E-state index contributed by atoms with van der Waals surface area (Å²) in [4.78, 5) is 48.7. The fourth-order valence-corrected chi connectivity index (χ4v) is 4.80. The Hall–Kier alpha value is -3.79. The molecule has 1 amide bonds. The van der Waals surface area contributed by atoms with Crippen LogP contribution >= 0.6 is 11.3 Å². The summed E-state index contributed by atoms with van der Waals surface area (Å²) in [6.07, 6.45) is 3.79. The third kappa shape index (κ3) is 4.70. The van der Waals surface area contributed by atoms with Crippen molar-refractivity contribution < 1.29 is 23.9 Å². The molecule has 2 aromatic heterocycles. The number of fused-ring (bicyclic) bond motifs is 3. The first-order valence-electron chi connectivity index (χ1n) is 10.3. The Morgan fingerprint density at radius 2 is 1.97 bits per heavy atom. The van der Waals surface area contributed by atoms with E-state index >= 15 is 0 Å². The molecule has 9 nitrogen and oxygen atoms in total. The standard InChI is InChI=1S/C23H22N4O5S/c1-3-32-18(29)10-9-17(28)27-11-15-16(12-27)33-22-19(15)21(24-13-25-22)26-20(23(30)31-2)14-7-5-4-6-8-14/h4-10,13,20H,3,11-12H2,1-2H3,(H,24,25,26). The molecule has 10 heteroatoms. The van der Waals surface area contributed by atoms with Crippen LogP contribution in [0.4, 0.5) is 5.82 Å². The number of benzene rings is 1. The van der Waals surface area contributed by atoms with Crippen molar-refractivity contribution in [2.75, 3.05) is 19.0 Å². The van der Waals surface area contributed by atoms with Crippen LogP contribution in [0.5, 0.6) is 0 Å². The molecule has 1 unspecified atom stereocenters. The van der Waals surface area contributed by atoms with Crippen molar-refractivity contribution in [2.45, 2.75) is 26.1 Å². The van der Waals surface area contributed by atoms with Gasteiger partial charge >= 0.3 is 11.9 Å². The summed E-state index contributed by atoms with van der Waals surface area (Å²) >= 11 is 1.47. The minimum absolute atomic E-state index is 0.246. The lowest BCUT2D eigenvalue weighted by molar-refractivity contribution is -0.141. The van der Waals surface area contributed by atoms with Gasteiger partial charge in [-0.1, -0.05) is 30.3 Å². The number of carbonyl (C=O) groups excluding carboxylic acids is 3. The molecule has 3 aromatic rings. The predicted octanol–water partition coefficient (Wildman–Crippen LogP) is 2.98. The van der Waals surface area contributed by atoms with Gasteiger partial charge in [-0.3, -0.25) is 4.79 Å². The molecular formula is C23H22N4O5S. The maximum Gasteiger partial charge on any atom is 0.333 e. The minimum atomic E-state index is -0.753. The number of methoxy groups -OCH3 is 1. The number of anilines is 1. The van der Waals surface area contributed by atoms with E-state index in [0.29, 0.717) is 18.9 Å². The van der Waals surface area contributed by atoms with Crippen LogP contribution in [0.3, 0.4) is 0 Å². The largest absolute Gasteiger partial charge is 0.467 e. The summed E-state index contributed by atoms with van der Waals surface area (Å²) in [5.41, 5.74) is 1.66. The molecule has 0 saturated heterocycles. The predicted molar refractivity (Wildman–Crippen MR) is 122 cm³/mol. The molecule has 33 heavy (non-hydrogen) atoms. The van der Waals surface area contributed by atoms with Crippen molar-refractivity contribution in [1.82, 2.24) is 14.9 Å². The topological polar surface area (TPSA) is 111 Å². The molecule has 0 bridgehead atoms. The number of rotatable bonds is 7. The number of nitrogens with zero attached hydrogens (tertiary/aromatic N) is 3. The number of carbonyl (C=O) groups is 3. The van der Waals surface area contributed by atoms with Gasteiger partial charge in [0.25, 0.3) is 0 Å². The zero-order valence-electron chi connectivity index (χ0n) is 18.1. The van der Waals surface area contributed by atoms with Gasteiger partial charge in [0.1, 0.15) is 17.0 Å². The maximum atomic E-state index is 12.6. The van der Waals surface area contributed by atoms with Crippen LogP contribution in [0.25, 0.3) is 10.2 Å². The van der Waals surface area contributed by atoms with E-state index in [0.717, 1.165) is 32.3 Å². The number of hydrogen-bond acceptors (Lipinski definition) is 9. The second-order valence-corrected chi connectivity index (χ2v) is 8.28. The van der Waals surface area contributed by atoms with Crippen molar-refractivity contribution >= 4 is 45.2 Å². The Morgan fingerprint density at radius 3 is 2.70 bits per heavy atom. The van der Waals surface area contributed by atoms with E-state index in [4.69, 9.17) is 9.47 Å². The van der Waals surface area contributed by atoms with Crippen molar-refractivity contribution in [1.29, 1.82) is 0 Å². The molecule has 0 radical (unpaired) electrons. The molecule has 1 atom stereocenters. The fourth-order valence-electron chi connectivity index (χ4n) is 3.63. The van der Waals surface area contributed by atoms with E-state index < -0.39 is 18.0 Å². The lowest BCUT2D eigenvalue weighted by Gasteiger charge is -2.18. The van der Waals surface area contributed by atoms with Crippen molar-refractivity contribution in [3.05, 3.63) is 64.8 Å². The number of esters is 2. The van der Waals surface area contributed by atoms with Crippen molar-refractivity contribution in [2.24, 2.45) is 0 Å². The Labute approximate surface area is 194 Å². The molecule has 0 aliphatic carbocycles. The van der Waals surface area contributed by atoms with Crippen molar-refractivity contribution in [3.63, 3.8) is 0 Å². The molecule has 0 fully saturated rings. The van der Waals surface area contributed by atoms with Gasteiger partial charge in [0.05, 0.1) is 25.6 Å². The molecule has 1 N–H and O–H groups in total. The van der Waals surface area contributed by atoms with Crippen LogP contribution in [0.2, 0.25) is 0 Å². The van der Waals surface area contributed by atoms with Gasteiger partial charge in [-0.25, -0.2) is 19.6 Å². The number of amides is 1. The minimum Gasteiger partial charge on any atom is -0.467 e. The number of hydrogen-bond donors (Lipinski definition) is 1. The van der Waals surface area contributed by atoms with Gasteiger partial charge in [0, 0.05) is 29.1 Å². The highest BCUT2D eigenvalue weighted by molar-refractivity contribution is 7.19. The smallest absolute Gasteiger partial charge is 0.333 e. The van der Waals surface area contributed by atoms with Gasteiger partial charge < -0.3 is 19.7 Å². The third-order valence-corrected chi connectivity index (χ3v) is 6.29. The quantitative estimate of drug-likeness (QED) is 0.418. The first kappa shape index (κ1) is 22.4. The Balaban J connectivity index is 1.61. The van der Waals surface area contributed by atoms with Gasteiger partial charge in [0.2, 0.25) is 5.91 Å². The number of aromatic nitrogens is 2. The van der Waals surface area contributed by atoms with Crippen molar-refractivity contribution in [3.8, 4) is 0 Å². The van der Waals surface area contributed by atoms with E-state index in [1.807, 2.05) is 30.3 Å². The lowest BCUT2D eigenvalue weighted by Crippen LogP contribution is -2.24. The lowest BCUT2D eigenvalue weighted by atomic mass is 10.1.